The molecule has 1 aromatic carbocycles. The van der Waals surface area contributed by atoms with E-state index in [2.05, 4.69) is 46.3 Å². The zero-order valence-corrected chi connectivity index (χ0v) is 15.9. The zero-order valence-electron chi connectivity index (χ0n) is 15.9. The lowest BCUT2D eigenvalue weighted by Gasteiger charge is -2.36. The number of carbonyl (C=O) groups excluding carboxylic acids is 1. The molecular formula is C21H28N4O2. The first-order valence-electron chi connectivity index (χ1n) is 9.64. The Labute approximate surface area is 161 Å². The smallest absolute Gasteiger partial charge is 0.317 e. The maximum Gasteiger partial charge on any atom is 0.317 e. The van der Waals surface area contributed by atoms with E-state index in [0.29, 0.717) is 11.3 Å². The van der Waals surface area contributed by atoms with Gasteiger partial charge in [0.05, 0.1) is 0 Å². The van der Waals surface area contributed by atoms with Gasteiger partial charge in [0.25, 0.3) is 5.69 Å². The van der Waals surface area contributed by atoms with Gasteiger partial charge in [-0.1, -0.05) is 12.1 Å². The van der Waals surface area contributed by atoms with Gasteiger partial charge in [-0.3, -0.25) is 9.69 Å². The Hall–Kier alpha value is -2.60. The van der Waals surface area contributed by atoms with Crippen molar-refractivity contribution in [1.29, 1.82) is 0 Å². The molecule has 6 heteroatoms. The average Bonchev–Trinajstić information content (AvgIpc) is 2.68. The number of hydrogen-bond acceptors (Lipinski definition) is 4. The molecule has 0 radical (unpaired) electrons. The second-order valence-corrected chi connectivity index (χ2v) is 7.04. The first-order chi connectivity index (χ1) is 13.1. The molecule has 2 aromatic rings. The molecule has 144 valence electrons. The van der Waals surface area contributed by atoms with Crippen molar-refractivity contribution in [2.45, 2.75) is 19.8 Å². The summed E-state index contributed by atoms with van der Waals surface area (Å²) in [6, 6.07) is 13.5. The number of piperazine rings is 1. The van der Waals surface area contributed by atoms with E-state index >= 15 is 0 Å². The van der Waals surface area contributed by atoms with Crippen molar-refractivity contribution in [2.24, 2.45) is 0 Å². The van der Waals surface area contributed by atoms with Crippen LogP contribution in [0.25, 0.3) is 0 Å². The molecule has 1 amide bonds. The third-order valence-corrected chi connectivity index (χ3v) is 4.98. The van der Waals surface area contributed by atoms with E-state index in [4.69, 9.17) is 0 Å². The molecule has 0 bridgehead atoms. The minimum Gasteiger partial charge on any atom is -0.618 e. The largest absolute Gasteiger partial charge is 0.618 e. The highest BCUT2D eigenvalue weighted by Crippen LogP contribution is 2.17. The van der Waals surface area contributed by atoms with Crippen LogP contribution < -0.4 is 14.9 Å². The number of carbonyl (C=O) groups is 1. The molecule has 0 saturated carbocycles. The van der Waals surface area contributed by atoms with Crippen molar-refractivity contribution in [2.75, 3.05) is 44.2 Å². The van der Waals surface area contributed by atoms with Crippen molar-refractivity contribution >= 4 is 11.6 Å². The molecule has 6 nitrogen and oxygen atoms in total. The van der Waals surface area contributed by atoms with Gasteiger partial charge in [0.1, 0.15) is 0 Å². The number of aromatic nitrogens is 1. The molecule has 0 aliphatic carbocycles. The minimum atomic E-state index is -0.308. The fourth-order valence-electron chi connectivity index (χ4n) is 3.41. The number of benzene rings is 1. The lowest BCUT2D eigenvalue weighted by molar-refractivity contribution is -0.607. The average molecular weight is 368 g/mol. The Bertz CT molecular complexity index is 757. The summed E-state index contributed by atoms with van der Waals surface area (Å²) < 4.78 is 0.600. The Morgan fingerprint density at radius 3 is 2.67 bits per heavy atom. The van der Waals surface area contributed by atoms with Gasteiger partial charge < -0.3 is 15.4 Å². The van der Waals surface area contributed by atoms with E-state index in [9.17, 15) is 10.0 Å². The van der Waals surface area contributed by atoms with Gasteiger partial charge in [-0.05, 0) is 50.1 Å². The summed E-state index contributed by atoms with van der Waals surface area (Å²) in [5, 5.41) is 14.4. The lowest BCUT2D eigenvalue weighted by Crippen LogP contribution is -2.46. The number of nitrogens with zero attached hydrogens (tertiary/aromatic N) is 3. The number of anilines is 1. The molecule has 0 atom stereocenters. The molecule has 1 aromatic heterocycles. The topological polar surface area (TPSA) is 62.5 Å². The van der Waals surface area contributed by atoms with E-state index in [1.807, 2.05) is 0 Å². The molecule has 0 unspecified atom stereocenters. The summed E-state index contributed by atoms with van der Waals surface area (Å²) in [5.74, 6) is -0.308. The van der Waals surface area contributed by atoms with Crippen LogP contribution in [-0.2, 0) is 0 Å². The predicted octanol–water partition coefficient (Wildman–Crippen LogP) is 1.96. The first kappa shape index (κ1) is 19.2. The van der Waals surface area contributed by atoms with Crippen LogP contribution in [0.4, 0.5) is 5.69 Å². The fourth-order valence-corrected chi connectivity index (χ4v) is 3.41. The van der Waals surface area contributed by atoms with Gasteiger partial charge in [0.15, 0.2) is 6.20 Å². The standard InChI is InChI=1S/C21H28N4O2/c1-18-7-6-8-19(17-18)24-15-13-23(14-16-24)11-5-3-10-22-21(26)20-9-2-4-12-25(20)27/h2,4,6-9,12,17H,3,5,10-11,13-16H2,1H3,(H,22,26). The SMILES string of the molecule is Cc1cccc(N2CCN(CCCCNC(=O)c3cccc[n+]3[O-])CC2)c1. The maximum atomic E-state index is 12.0. The van der Waals surface area contributed by atoms with Crippen LogP contribution in [0, 0.1) is 12.1 Å². The normalized spacial score (nSPS) is 14.9. The van der Waals surface area contributed by atoms with Gasteiger partial charge >= 0.3 is 5.91 Å². The van der Waals surface area contributed by atoms with Crippen molar-refractivity contribution in [3.63, 3.8) is 0 Å². The molecule has 2 heterocycles. The van der Waals surface area contributed by atoms with Gasteiger partial charge in [0, 0.05) is 50.5 Å². The number of rotatable bonds is 7. The highest BCUT2D eigenvalue weighted by atomic mass is 16.5. The third-order valence-electron chi connectivity index (χ3n) is 4.98. The summed E-state index contributed by atoms with van der Waals surface area (Å²) in [7, 11) is 0. The second-order valence-electron chi connectivity index (χ2n) is 7.04. The van der Waals surface area contributed by atoms with Crippen molar-refractivity contribution in [3.8, 4) is 0 Å². The van der Waals surface area contributed by atoms with Crippen molar-refractivity contribution < 1.29 is 9.52 Å². The fraction of sp³-hybridized carbons (Fsp3) is 0.429. The molecule has 0 spiro atoms. The molecule has 1 fully saturated rings. The van der Waals surface area contributed by atoms with Crippen LogP contribution in [0.15, 0.2) is 48.7 Å². The van der Waals surface area contributed by atoms with Crippen molar-refractivity contribution in [3.05, 3.63) is 65.1 Å². The number of amides is 1. The Morgan fingerprint density at radius 1 is 1.11 bits per heavy atom. The third kappa shape index (κ3) is 5.44. The Balaban J connectivity index is 1.32. The number of aryl methyl sites for hydroxylation is 1. The lowest BCUT2D eigenvalue weighted by atomic mass is 10.2. The summed E-state index contributed by atoms with van der Waals surface area (Å²) in [5.41, 5.74) is 2.76. The van der Waals surface area contributed by atoms with Gasteiger partial charge in [-0.15, -0.1) is 0 Å². The summed E-state index contributed by atoms with van der Waals surface area (Å²) in [6.45, 7) is 8.02. The van der Waals surface area contributed by atoms with E-state index < -0.39 is 0 Å². The van der Waals surface area contributed by atoms with Gasteiger partial charge in [-0.25, -0.2) is 0 Å². The number of unbranched alkanes of at least 4 members (excludes halogenated alkanes) is 1. The molecule has 3 rings (SSSR count). The van der Waals surface area contributed by atoms with Crippen molar-refractivity contribution in [1.82, 2.24) is 10.2 Å². The van der Waals surface area contributed by atoms with Crippen LogP contribution in [-0.4, -0.2) is 50.1 Å². The molecule has 1 aliphatic rings. The van der Waals surface area contributed by atoms with Crippen LogP contribution in [0.1, 0.15) is 28.9 Å². The van der Waals surface area contributed by atoms with Crippen LogP contribution in [0.3, 0.4) is 0 Å². The first-order valence-corrected chi connectivity index (χ1v) is 9.64. The summed E-state index contributed by atoms with van der Waals surface area (Å²) in [4.78, 5) is 16.9. The van der Waals surface area contributed by atoms with Gasteiger partial charge in [0.2, 0.25) is 0 Å². The highest BCUT2D eigenvalue weighted by molar-refractivity contribution is 5.90. The van der Waals surface area contributed by atoms with Gasteiger partial charge in [-0.2, -0.15) is 4.73 Å². The number of nitrogens with one attached hydrogen (secondary N) is 1. The predicted molar refractivity (Wildman–Crippen MR) is 107 cm³/mol. The molecule has 1 saturated heterocycles. The molecular weight excluding hydrogens is 340 g/mol. The Morgan fingerprint density at radius 2 is 1.93 bits per heavy atom. The molecule has 1 aliphatic heterocycles. The van der Waals surface area contributed by atoms with Crippen LogP contribution in [0.2, 0.25) is 0 Å². The highest BCUT2D eigenvalue weighted by Gasteiger charge is 2.17. The van der Waals surface area contributed by atoms with E-state index in [-0.39, 0.29) is 11.6 Å². The molecule has 27 heavy (non-hydrogen) atoms. The van der Waals surface area contributed by atoms with E-state index in [0.717, 1.165) is 45.6 Å². The second kappa shape index (κ2) is 9.37. The number of pyridine rings is 1. The number of hydrogen-bond donors (Lipinski definition) is 1. The Kier molecular flexibility index (Phi) is 6.65. The molecule has 1 N–H and O–H groups in total. The van der Waals surface area contributed by atoms with Crippen LogP contribution >= 0.6 is 0 Å². The zero-order chi connectivity index (χ0) is 19.1. The summed E-state index contributed by atoms with van der Waals surface area (Å²) in [6.07, 6.45) is 3.29. The van der Waals surface area contributed by atoms with Crippen LogP contribution in [0.5, 0.6) is 0 Å². The van der Waals surface area contributed by atoms with E-state index in [1.165, 1.54) is 23.5 Å². The summed E-state index contributed by atoms with van der Waals surface area (Å²) >= 11 is 0. The quantitative estimate of drug-likeness (QED) is 0.461. The maximum absolute atomic E-state index is 12.0. The monoisotopic (exact) mass is 368 g/mol. The minimum absolute atomic E-state index is 0.143. The van der Waals surface area contributed by atoms with E-state index in [1.54, 1.807) is 12.1 Å².